The minimum Gasteiger partial charge on any atom is -0.480 e. The zero-order chi connectivity index (χ0) is 15.8. The summed E-state index contributed by atoms with van der Waals surface area (Å²) in [7, 11) is 0. The van der Waals surface area contributed by atoms with Gasteiger partial charge in [0.2, 0.25) is 5.91 Å². The van der Waals surface area contributed by atoms with Crippen molar-refractivity contribution < 1.29 is 14.7 Å². The molecule has 0 spiro atoms. The predicted molar refractivity (Wildman–Crippen MR) is 92.5 cm³/mol. The molecule has 1 heterocycles. The van der Waals surface area contributed by atoms with Crippen LogP contribution in [0.25, 0.3) is 0 Å². The second-order valence-corrected chi connectivity index (χ2v) is 7.77. The standard InChI is InChI=1S/C16H21NO3S2/c18-15(10-14-12-21-8-9-22-14)17(11-16(19)20)7-6-13-4-2-1-3-5-13/h1-5,14H,6-12H2,(H,19,20). The lowest BCUT2D eigenvalue weighted by Crippen LogP contribution is -2.39. The highest BCUT2D eigenvalue weighted by molar-refractivity contribution is 8.06. The fourth-order valence-electron chi connectivity index (χ4n) is 2.34. The highest BCUT2D eigenvalue weighted by Crippen LogP contribution is 2.26. The summed E-state index contributed by atoms with van der Waals surface area (Å²) in [6.07, 6.45) is 1.13. The maximum absolute atomic E-state index is 12.4. The van der Waals surface area contributed by atoms with Crippen LogP contribution in [0.3, 0.4) is 0 Å². The van der Waals surface area contributed by atoms with Crippen LogP contribution in [0.1, 0.15) is 12.0 Å². The van der Waals surface area contributed by atoms with Crippen LogP contribution in [0.4, 0.5) is 0 Å². The van der Waals surface area contributed by atoms with Crippen molar-refractivity contribution in [3.63, 3.8) is 0 Å². The molecular weight excluding hydrogens is 318 g/mol. The number of nitrogens with zero attached hydrogens (tertiary/aromatic N) is 1. The fraction of sp³-hybridized carbons (Fsp3) is 0.500. The van der Waals surface area contributed by atoms with Crippen LogP contribution in [-0.4, -0.2) is 57.5 Å². The van der Waals surface area contributed by atoms with E-state index in [1.807, 2.05) is 53.9 Å². The smallest absolute Gasteiger partial charge is 0.323 e. The van der Waals surface area contributed by atoms with Gasteiger partial charge in [-0.2, -0.15) is 23.5 Å². The normalized spacial score (nSPS) is 17.9. The van der Waals surface area contributed by atoms with Gasteiger partial charge >= 0.3 is 5.97 Å². The van der Waals surface area contributed by atoms with Gasteiger partial charge in [-0.3, -0.25) is 9.59 Å². The number of benzene rings is 1. The molecule has 1 atom stereocenters. The molecular formula is C16H21NO3S2. The van der Waals surface area contributed by atoms with E-state index < -0.39 is 5.97 Å². The van der Waals surface area contributed by atoms with Gasteiger partial charge in [0.15, 0.2) is 0 Å². The quantitative estimate of drug-likeness (QED) is 0.826. The number of carboxylic acid groups (broad SMARTS) is 1. The maximum atomic E-state index is 12.4. The first-order valence-corrected chi connectivity index (χ1v) is 9.58. The Kier molecular flexibility index (Phi) is 7.12. The van der Waals surface area contributed by atoms with E-state index in [4.69, 9.17) is 5.11 Å². The molecule has 0 aliphatic carbocycles. The molecule has 1 aliphatic rings. The zero-order valence-electron chi connectivity index (χ0n) is 12.4. The van der Waals surface area contributed by atoms with Crippen molar-refractivity contribution in [2.45, 2.75) is 18.1 Å². The molecule has 120 valence electrons. The number of hydrogen-bond acceptors (Lipinski definition) is 4. The summed E-state index contributed by atoms with van der Waals surface area (Å²) in [5.41, 5.74) is 1.12. The second-order valence-electron chi connectivity index (χ2n) is 5.22. The van der Waals surface area contributed by atoms with E-state index >= 15 is 0 Å². The van der Waals surface area contributed by atoms with Crippen LogP contribution >= 0.6 is 23.5 Å². The molecule has 0 saturated carbocycles. The van der Waals surface area contributed by atoms with E-state index in [0.717, 1.165) is 22.8 Å². The fourth-order valence-corrected chi connectivity index (χ4v) is 5.01. The number of carbonyl (C=O) groups is 2. The molecule has 1 aromatic rings. The summed E-state index contributed by atoms with van der Waals surface area (Å²) in [6, 6.07) is 9.85. The van der Waals surface area contributed by atoms with Crippen molar-refractivity contribution in [3.05, 3.63) is 35.9 Å². The van der Waals surface area contributed by atoms with Crippen molar-refractivity contribution in [2.24, 2.45) is 0 Å². The average Bonchev–Trinajstić information content (AvgIpc) is 2.53. The predicted octanol–water partition coefficient (Wildman–Crippen LogP) is 2.38. The van der Waals surface area contributed by atoms with Crippen LogP contribution in [0.5, 0.6) is 0 Å². The lowest BCUT2D eigenvalue weighted by Gasteiger charge is -2.25. The monoisotopic (exact) mass is 339 g/mol. The molecule has 1 aliphatic heterocycles. The molecule has 0 aromatic heterocycles. The molecule has 2 rings (SSSR count). The van der Waals surface area contributed by atoms with Crippen LogP contribution < -0.4 is 0 Å². The summed E-state index contributed by atoms with van der Waals surface area (Å²) in [6.45, 7) is 0.246. The summed E-state index contributed by atoms with van der Waals surface area (Å²) in [5.74, 6) is 2.20. The summed E-state index contributed by atoms with van der Waals surface area (Å²) in [4.78, 5) is 24.9. The molecule has 1 unspecified atom stereocenters. The van der Waals surface area contributed by atoms with E-state index in [1.54, 1.807) is 0 Å². The van der Waals surface area contributed by atoms with Gasteiger partial charge in [-0.1, -0.05) is 30.3 Å². The Labute approximate surface area is 139 Å². The lowest BCUT2D eigenvalue weighted by atomic mass is 10.1. The van der Waals surface area contributed by atoms with Gasteiger partial charge in [-0.05, 0) is 12.0 Å². The minimum absolute atomic E-state index is 0.0432. The SMILES string of the molecule is O=C(O)CN(CCc1ccccc1)C(=O)CC1CSCCS1. The van der Waals surface area contributed by atoms with E-state index in [9.17, 15) is 9.59 Å². The number of carboxylic acids is 1. The molecule has 0 bridgehead atoms. The van der Waals surface area contributed by atoms with Gasteiger partial charge in [0, 0.05) is 35.5 Å². The number of thioether (sulfide) groups is 2. The first-order chi connectivity index (χ1) is 10.6. The first kappa shape index (κ1) is 17.2. The van der Waals surface area contributed by atoms with Gasteiger partial charge in [0.25, 0.3) is 0 Å². The number of aliphatic carboxylic acids is 1. The van der Waals surface area contributed by atoms with E-state index in [2.05, 4.69) is 0 Å². The largest absolute Gasteiger partial charge is 0.480 e. The minimum atomic E-state index is -0.952. The van der Waals surface area contributed by atoms with Gasteiger partial charge in [0.05, 0.1) is 0 Å². The van der Waals surface area contributed by atoms with E-state index in [-0.39, 0.29) is 12.5 Å². The van der Waals surface area contributed by atoms with Crippen LogP contribution in [0.15, 0.2) is 30.3 Å². The Bertz CT molecular complexity index is 489. The maximum Gasteiger partial charge on any atom is 0.323 e. The van der Waals surface area contributed by atoms with E-state index in [0.29, 0.717) is 24.6 Å². The van der Waals surface area contributed by atoms with Crippen molar-refractivity contribution in [1.29, 1.82) is 0 Å². The third-order valence-electron chi connectivity index (χ3n) is 3.48. The molecule has 1 aromatic carbocycles. The highest BCUT2D eigenvalue weighted by atomic mass is 32.2. The second kappa shape index (κ2) is 9.10. The van der Waals surface area contributed by atoms with Gasteiger partial charge in [0.1, 0.15) is 6.54 Å². The Morgan fingerprint density at radius 3 is 2.64 bits per heavy atom. The average molecular weight is 339 g/mol. The Balaban J connectivity index is 1.89. The van der Waals surface area contributed by atoms with Crippen LogP contribution in [-0.2, 0) is 16.0 Å². The molecule has 1 fully saturated rings. The number of carbonyl (C=O) groups excluding carboxylic acids is 1. The first-order valence-electron chi connectivity index (χ1n) is 7.38. The molecule has 4 nitrogen and oxygen atoms in total. The van der Waals surface area contributed by atoms with Gasteiger partial charge < -0.3 is 10.0 Å². The summed E-state index contributed by atoms with van der Waals surface area (Å²) >= 11 is 3.70. The molecule has 1 saturated heterocycles. The number of amides is 1. The summed E-state index contributed by atoms with van der Waals surface area (Å²) in [5, 5.41) is 9.35. The third kappa shape index (κ3) is 5.93. The Morgan fingerprint density at radius 2 is 2.00 bits per heavy atom. The zero-order valence-corrected chi connectivity index (χ0v) is 14.1. The van der Waals surface area contributed by atoms with Crippen LogP contribution in [0, 0.1) is 0 Å². The Morgan fingerprint density at radius 1 is 1.23 bits per heavy atom. The third-order valence-corrected chi connectivity index (χ3v) is 6.32. The van der Waals surface area contributed by atoms with Crippen molar-refractivity contribution in [2.75, 3.05) is 30.3 Å². The van der Waals surface area contributed by atoms with E-state index in [1.165, 1.54) is 4.90 Å². The molecule has 22 heavy (non-hydrogen) atoms. The molecule has 6 heteroatoms. The van der Waals surface area contributed by atoms with Crippen molar-refractivity contribution >= 4 is 35.4 Å². The molecule has 0 radical (unpaired) electrons. The highest BCUT2D eigenvalue weighted by Gasteiger charge is 2.23. The van der Waals surface area contributed by atoms with Crippen molar-refractivity contribution in [3.8, 4) is 0 Å². The molecule has 1 amide bonds. The van der Waals surface area contributed by atoms with Crippen molar-refractivity contribution in [1.82, 2.24) is 4.90 Å². The summed E-state index contributed by atoms with van der Waals surface area (Å²) < 4.78 is 0. The topological polar surface area (TPSA) is 57.6 Å². The van der Waals surface area contributed by atoms with Crippen LogP contribution in [0.2, 0.25) is 0 Å². The van der Waals surface area contributed by atoms with Gasteiger partial charge in [-0.15, -0.1) is 0 Å². The Hall–Kier alpha value is -1.14. The molecule has 1 N–H and O–H groups in total. The number of rotatable bonds is 7. The number of hydrogen-bond donors (Lipinski definition) is 1. The lowest BCUT2D eigenvalue weighted by molar-refractivity contribution is -0.144. The van der Waals surface area contributed by atoms with Gasteiger partial charge in [-0.25, -0.2) is 0 Å².